The van der Waals surface area contributed by atoms with Crippen molar-refractivity contribution in [3.05, 3.63) is 46.5 Å². The maximum Gasteiger partial charge on any atom is 0.274 e. The molecule has 1 fully saturated rings. The summed E-state index contributed by atoms with van der Waals surface area (Å²) >= 11 is 5.74. The summed E-state index contributed by atoms with van der Waals surface area (Å²) in [4.78, 5) is 14.6. The molecule has 0 N–H and O–H groups in total. The molecule has 1 saturated heterocycles. The zero-order chi connectivity index (χ0) is 23.1. The SMILES string of the molecule is CC(C)c1cc(C(=O)N2CCN(S(=O)(=O)c3ccc(F)c(Cl)c3)CC2)nn1C(C)(C)C. The van der Waals surface area contributed by atoms with Gasteiger partial charge >= 0.3 is 0 Å². The Hall–Kier alpha value is -1.97. The Morgan fingerprint density at radius 1 is 1.13 bits per heavy atom. The van der Waals surface area contributed by atoms with Gasteiger partial charge in [0, 0.05) is 31.9 Å². The van der Waals surface area contributed by atoms with Crippen molar-refractivity contribution in [2.24, 2.45) is 0 Å². The fourth-order valence-corrected chi connectivity index (χ4v) is 5.22. The monoisotopic (exact) mass is 470 g/mol. The van der Waals surface area contributed by atoms with Gasteiger partial charge in [-0.15, -0.1) is 0 Å². The number of aromatic nitrogens is 2. The van der Waals surface area contributed by atoms with Crippen LogP contribution < -0.4 is 0 Å². The minimum absolute atomic E-state index is 0.0656. The first kappa shape index (κ1) is 23.7. The molecule has 1 aliphatic rings. The van der Waals surface area contributed by atoms with E-state index < -0.39 is 15.8 Å². The molecule has 1 aliphatic heterocycles. The van der Waals surface area contributed by atoms with Crippen LogP contribution in [0.2, 0.25) is 5.02 Å². The van der Waals surface area contributed by atoms with Crippen molar-refractivity contribution in [2.45, 2.75) is 51.0 Å². The minimum Gasteiger partial charge on any atom is -0.335 e. The number of piperazine rings is 1. The Bertz CT molecular complexity index is 1080. The van der Waals surface area contributed by atoms with E-state index >= 15 is 0 Å². The van der Waals surface area contributed by atoms with Gasteiger partial charge in [0.05, 0.1) is 15.5 Å². The second-order valence-corrected chi connectivity index (χ2v) is 11.3. The van der Waals surface area contributed by atoms with Crippen LogP contribution in [0.3, 0.4) is 0 Å². The quantitative estimate of drug-likeness (QED) is 0.682. The summed E-state index contributed by atoms with van der Waals surface area (Å²) < 4.78 is 42.3. The van der Waals surface area contributed by atoms with Gasteiger partial charge in [0.2, 0.25) is 10.0 Å². The van der Waals surface area contributed by atoms with Crippen molar-refractivity contribution < 1.29 is 17.6 Å². The van der Waals surface area contributed by atoms with Crippen LogP contribution in [0.15, 0.2) is 29.2 Å². The lowest BCUT2D eigenvalue weighted by atomic mass is 10.1. The highest BCUT2D eigenvalue weighted by Crippen LogP contribution is 2.26. The summed E-state index contributed by atoms with van der Waals surface area (Å²) in [5, 5.41) is 4.31. The highest BCUT2D eigenvalue weighted by atomic mass is 35.5. The number of nitrogens with zero attached hydrogens (tertiary/aromatic N) is 4. The predicted octanol–water partition coefficient (Wildman–Crippen LogP) is 3.70. The first-order valence-electron chi connectivity index (χ1n) is 10.2. The second kappa shape index (κ2) is 8.52. The molecule has 0 saturated carbocycles. The Labute approximate surface area is 187 Å². The molecule has 0 spiro atoms. The van der Waals surface area contributed by atoms with Crippen LogP contribution in [0.1, 0.15) is 56.7 Å². The van der Waals surface area contributed by atoms with E-state index in [0.29, 0.717) is 5.69 Å². The third-order valence-electron chi connectivity index (χ3n) is 5.24. The van der Waals surface area contributed by atoms with E-state index in [0.717, 1.165) is 17.8 Å². The highest BCUT2D eigenvalue weighted by Gasteiger charge is 2.32. The van der Waals surface area contributed by atoms with Crippen molar-refractivity contribution in [1.29, 1.82) is 0 Å². The molecule has 1 aromatic heterocycles. The Morgan fingerprint density at radius 3 is 2.23 bits per heavy atom. The van der Waals surface area contributed by atoms with Gasteiger partial charge in [-0.25, -0.2) is 12.8 Å². The van der Waals surface area contributed by atoms with Crippen LogP contribution in [0, 0.1) is 5.82 Å². The molecule has 10 heteroatoms. The second-order valence-electron chi connectivity index (χ2n) is 8.96. The molecule has 0 unspecified atom stereocenters. The standard InChI is InChI=1S/C21H28ClFN4O3S/c1-14(2)19-13-18(24-27(19)21(3,4)5)20(28)25-8-10-26(11-9-25)31(29,30)15-6-7-17(23)16(22)12-15/h6-7,12-14H,8-11H2,1-5H3. The van der Waals surface area contributed by atoms with Gasteiger partial charge in [-0.1, -0.05) is 25.4 Å². The number of carbonyl (C=O) groups is 1. The van der Waals surface area contributed by atoms with Crippen molar-refractivity contribution in [2.75, 3.05) is 26.2 Å². The van der Waals surface area contributed by atoms with E-state index in [1.54, 1.807) is 4.90 Å². The lowest BCUT2D eigenvalue weighted by Crippen LogP contribution is -2.50. The summed E-state index contributed by atoms with van der Waals surface area (Å²) in [6.07, 6.45) is 0. The van der Waals surface area contributed by atoms with Gasteiger partial charge in [-0.3, -0.25) is 9.48 Å². The van der Waals surface area contributed by atoms with Crippen LogP contribution in [-0.2, 0) is 15.6 Å². The van der Waals surface area contributed by atoms with E-state index in [1.165, 1.54) is 10.4 Å². The summed E-state index contributed by atoms with van der Waals surface area (Å²) in [7, 11) is -3.82. The van der Waals surface area contributed by atoms with Crippen LogP contribution in [0.5, 0.6) is 0 Å². The zero-order valence-electron chi connectivity index (χ0n) is 18.4. The normalized spacial score (nSPS) is 16.2. The smallest absolute Gasteiger partial charge is 0.274 e. The molecule has 0 atom stereocenters. The molecule has 2 aromatic rings. The van der Waals surface area contributed by atoms with Gasteiger partial charge in [-0.2, -0.15) is 9.40 Å². The van der Waals surface area contributed by atoms with Gasteiger partial charge in [0.15, 0.2) is 5.69 Å². The van der Waals surface area contributed by atoms with E-state index in [1.807, 2.05) is 31.5 Å². The van der Waals surface area contributed by atoms with Crippen LogP contribution in [0.4, 0.5) is 4.39 Å². The third-order valence-corrected chi connectivity index (χ3v) is 7.42. The molecular weight excluding hydrogens is 443 g/mol. The maximum absolute atomic E-state index is 13.4. The zero-order valence-corrected chi connectivity index (χ0v) is 20.0. The number of benzene rings is 1. The average molecular weight is 471 g/mol. The van der Waals surface area contributed by atoms with Crippen LogP contribution >= 0.6 is 11.6 Å². The lowest BCUT2D eigenvalue weighted by Gasteiger charge is -2.33. The Balaban J connectivity index is 1.75. The fraction of sp³-hybridized carbons (Fsp3) is 0.524. The highest BCUT2D eigenvalue weighted by molar-refractivity contribution is 7.89. The minimum atomic E-state index is -3.82. The van der Waals surface area contributed by atoms with Gasteiger partial charge in [0.1, 0.15) is 5.82 Å². The van der Waals surface area contributed by atoms with Gasteiger partial charge < -0.3 is 4.90 Å². The number of hydrogen-bond donors (Lipinski definition) is 0. The fourth-order valence-electron chi connectivity index (χ4n) is 3.53. The number of hydrogen-bond acceptors (Lipinski definition) is 4. The lowest BCUT2D eigenvalue weighted by molar-refractivity contribution is 0.0690. The molecule has 0 bridgehead atoms. The van der Waals surface area contributed by atoms with Gasteiger partial charge in [-0.05, 0) is 51.0 Å². The van der Waals surface area contributed by atoms with E-state index in [4.69, 9.17) is 11.6 Å². The van der Waals surface area contributed by atoms with Gasteiger partial charge in [0.25, 0.3) is 5.91 Å². The van der Waals surface area contributed by atoms with Crippen molar-refractivity contribution in [1.82, 2.24) is 19.0 Å². The van der Waals surface area contributed by atoms with E-state index in [-0.39, 0.29) is 53.5 Å². The molecule has 1 aromatic carbocycles. The summed E-state index contributed by atoms with van der Waals surface area (Å²) in [5.41, 5.74) is 1.08. The molecular formula is C21H28ClFN4O3S. The molecule has 1 amide bonds. The Kier molecular flexibility index (Phi) is 6.51. The number of halogens is 2. The third kappa shape index (κ3) is 4.78. The van der Waals surface area contributed by atoms with Crippen LogP contribution in [0.25, 0.3) is 0 Å². The van der Waals surface area contributed by atoms with Crippen LogP contribution in [-0.4, -0.2) is 59.5 Å². The summed E-state index contributed by atoms with van der Waals surface area (Å²) in [6, 6.07) is 5.16. The molecule has 170 valence electrons. The molecule has 7 nitrogen and oxygen atoms in total. The first-order chi connectivity index (χ1) is 14.3. The summed E-state index contributed by atoms with van der Waals surface area (Å²) in [5.74, 6) is -0.684. The summed E-state index contributed by atoms with van der Waals surface area (Å²) in [6.45, 7) is 11.0. The van der Waals surface area contributed by atoms with E-state index in [2.05, 4.69) is 18.9 Å². The molecule has 31 heavy (non-hydrogen) atoms. The van der Waals surface area contributed by atoms with E-state index in [9.17, 15) is 17.6 Å². The number of rotatable bonds is 4. The largest absolute Gasteiger partial charge is 0.335 e. The number of amides is 1. The number of sulfonamides is 1. The number of carbonyl (C=O) groups excluding carboxylic acids is 1. The predicted molar refractivity (Wildman–Crippen MR) is 117 cm³/mol. The first-order valence-corrected chi connectivity index (χ1v) is 12.0. The van der Waals surface area contributed by atoms with Crippen molar-refractivity contribution in [3.63, 3.8) is 0 Å². The molecule has 3 rings (SSSR count). The topological polar surface area (TPSA) is 75.5 Å². The van der Waals surface area contributed by atoms with Crippen molar-refractivity contribution >= 4 is 27.5 Å². The molecule has 2 heterocycles. The average Bonchev–Trinajstić information content (AvgIpc) is 3.16. The van der Waals surface area contributed by atoms with Crippen molar-refractivity contribution in [3.8, 4) is 0 Å². The maximum atomic E-state index is 13.4. The molecule has 0 aliphatic carbocycles. The Morgan fingerprint density at radius 2 is 1.74 bits per heavy atom. The molecule has 0 radical (unpaired) electrons.